The van der Waals surface area contributed by atoms with Crippen molar-refractivity contribution in [3.05, 3.63) is 60.2 Å². The van der Waals surface area contributed by atoms with Gasteiger partial charge in [-0.25, -0.2) is 0 Å². The number of halogens is 2. The summed E-state index contributed by atoms with van der Waals surface area (Å²) in [4.78, 5) is 0. The number of aromatic nitrogens is 2. The molecule has 5 heteroatoms. The van der Waals surface area contributed by atoms with Gasteiger partial charge in [-0.15, -0.1) is 4.68 Å². The Kier molecular flexibility index (Phi) is 5.42. The van der Waals surface area contributed by atoms with Gasteiger partial charge in [0.2, 0.25) is 5.69 Å². The zero-order chi connectivity index (χ0) is 19.5. The number of rotatable bonds is 5. The summed E-state index contributed by atoms with van der Waals surface area (Å²) in [6.45, 7) is 1.30. The molecule has 0 bridgehead atoms. The van der Waals surface area contributed by atoms with Gasteiger partial charge in [-0.05, 0) is 49.1 Å². The lowest BCUT2D eigenvalue weighted by molar-refractivity contribution is -0.763. The first-order chi connectivity index (χ1) is 13.7. The molecule has 1 aliphatic heterocycles. The number of alkyl halides is 2. The molecule has 0 unspecified atom stereocenters. The van der Waals surface area contributed by atoms with Crippen LogP contribution in [0.3, 0.4) is 0 Å². The minimum Gasteiger partial charge on any atom is -0.435 e. The summed E-state index contributed by atoms with van der Waals surface area (Å²) in [5.41, 5.74) is 5.85. The summed E-state index contributed by atoms with van der Waals surface area (Å²) in [6.07, 6.45) is 4.54. The van der Waals surface area contributed by atoms with Crippen molar-refractivity contribution in [2.24, 2.45) is 0 Å². The van der Waals surface area contributed by atoms with Crippen molar-refractivity contribution >= 4 is 0 Å². The normalized spacial score (nSPS) is 14.0. The second kappa shape index (κ2) is 8.13. The van der Waals surface area contributed by atoms with Gasteiger partial charge in [0.15, 0.2) is 6.54 Å². The van der Waals surface area contributed by atoms with Crippen molar-refractivity contribution in [3.63, 3.8) is 0 Å². The molecule has 0 aliphatic carbocycles. The molecule has 0 fully saturated rings. The molecule has 0 N–H and O–H groups in total. The molecular weight excluding hydrogens is 358 g/mol. The highest BCUT2D eigenvalue weighted by Crippen LogP contribution is 2.28. The molecule has 0 saturated heterocycles. The fraction of sp³-hybridized carbons (Fsp3) is 0.348. The Balaban J connectivity index is 1.76. The fourth-order valence-corrected chi connectivity index (χ4v) is 3.90. The molecule has 2 aromatic carbocycles. The van der Waals surface area contributed by atoms with Crippen molar-refractivity contribution in [1.82, 2.24) is 4.68 Å². The van der Waals surface area contributed by atoms with Gasteiger partial charge in [-0.3, -0.25) is 0 Å². The number of hydrogen-bond acceptors (Lipinski definition) is 1. The summed E-state index contributed by atoms with van der Waals surface area (Å²) in [5, 5.41) is 0. The van der Waals surface area contributed by atoms with Gasteiger partial charge in [0.05, 0.1) is 6.54 Å². The van der Waals surface area contributed by atoms with Crippen LogP contribution in [0.2, 0.25) is 0 Å². The van der Waals surface area contributed by atoms with Crippen LogP contribution in [-0.2, 0) is 19.5 Å². The van der Waals surface area contributed by atoms with Crippen LogP contribution in [0.5, 0.6) is 5.75 Å². The Bertz CT molecular complexity index is 930. The number of ether oxygens (including phenoxy) is 1. The minimum absolute atomic E-state index is 0.185. The number of hydrogen-bond donors (Lipinski definition) is 0. The van der Waals surface area contributed by atoms with Crippen LogP contribution in [0, 0.1) is 0 Å². The van der Waals surface area contributed by atoms with E-state index in [1.165, 1.54) is 23.2 Å². The van der Waals surface area contributed by atoms with E-state index in [2.05, 4.69) is 51.4 Å². The maximum atomic E-state index is 12.4. The highest BCUT2D eigenvalue weighted by atomic mass is 19.3. The van der Waals surface area contributed by atoms with Crippen LogP contribution >= 0.6 is 0 Å². The average molecular weight is 383 g/mol. The lowest BCUT2D eigenvalue weighted by atomic mass is 10.1. The molecule has 0 radical (unpaired) electrons. The third-order valence-electron chi connectivity index (χ3n) is 5.39. The average Bonchev–Trinajstić information content (AvgIpc) is 2.89. The van der Waals surface area contributed by atoms with Crippen LogP contribution < -0.4 is 9.42 Å². The van der Waals surface area contributed by atoms with Gasteiger partial charge in [-0.2, -0.15) is 13.5 Å². The van der Waals surface area contributed by atoms with E-state index in [0.717, 1.165) is 43.6 Å². The molecule has 3 nitrogen and oxygen atoms in total. The van der Waals surface area contributed by atoms with E-state index in [4.69, 9.17) is 0 Å². The maximum Gasteiger partial charge on any atom is 0.387 e. The van der Waals surface area contributed by atoms with Gasteiger partial charge in [0.1, 0.15) is 11.4 Å². The lowest BCUT2D eigenvalue weighted by Crippen LogP contribution is -2.43. The van der Waals surface area contributed by atoms with Gasteiger partial charge in [0.25, 0.3) is 0 Å². The number of aryl methyl sites for hydroxylation is 1. The van der Waals surface area contributed by atoms with E-state index in [1.807, 2.05) is 12.1 Å². The quantitative estimate of drug-likeness (QED) is 0.535. The third-order valence-corrected chi connectivity index (χ3v) is 5.39. The molecule has 1 aliphatic rings. The van der Waals surface area contributed by atoms with Crippen molar-refractivity contribution in [2.45, 2.75) is 52.3 Å². The summed E-state index contributed by atoms with van der Waals surface area (Å²) in [7, 11) is 0. The first-order valence-electron chi connectivity index (χ1n) is 9.94. The molecule has 146 valence electrons. The van der Waals surface area contributed by atoms with Gasteiger partial charge in [0, 0.05) is 23.6 Å². The van der Waals surface area contributed by atoms with E-state index in [9.17, 15) is 8.78 Å². The van der Waals surface area contributed by atoms with Crippen molar-refractivity contribution in [3.8, 4) is 28.3 Å². The van der Waals surface area contributed by atoms with Crippen LogP contribution in [-0.4, -0.2) is 11.3 Å². The Labute approximate surface area is 164 Å². The van der Waals surface area contributed by atoms with E-state index in [-0.39, 0.29) is 5.75 Å². The Morgan fingerprint density at radius 3 is 2.36 bits per heavy atom. The maximum absolute atomic E-state index is 12.4. The second-order valence-corrected chi connectivity index (χ2v) is 7.18. The standard InChI is InChI=1S/C23H25F2N2O/c1-2-17-6-8-18(9-7-17)21-16-22(27-15-5-3-4-14-26(21)27)19-10-12-20(13-11-19)28-23(24)25/h6-13,16,23H,2-5,14-15H2,1H3/q+1. The number of fused-ring (bicyclic) bond motifs is 1. The summed E-state index contributed by atoms with van der Waals surface area (Å²) in [5.74, 6) is 0.185. The Hall–Kier alpha value is -2.69. The van der Waals surface area contributed by atoms with Crippen molar-refractivity contribution in [1.29, 1.82) is 0 Å². The molecular formula is C23H25F2N2O+. The first kappa shape index (κ1) is 18.7. The summed E-state index contributed by atoms with van der Waals surface area (Å²) in [6, 6.07) is 17.9. The van der Waals surface area contributed by atoms with Crippen LogP contribution in [0.4, 0.5) is 8.78 Å². The van der Waals surface area contributed by atoms with Crippen LogP contribution in [0.25, 0.3) is 22.5 Å². The molecule has 0 atom stereocenters. The van der Waals surface area contributed by atoms with Crippen molar-refractivity contribution < 1.29 is 18.2 Å². The predicted octanol–water partition coefficient (Wildman–Crippen LogP) is 5.46. The van der Waals surface area contributed by atoms with Gasteiger partial charge in [-0.1, -0.05) is 31.2 Å². The number of benzene rings is 2. The third kappa shape index (κ3) is 3.79. The largest absolute Gasteiger partial charge is 0.435 e. The topological polar surface area (TPSA) is 18.0 Å². The molecule has 0 saturated carbocycles. The molecule has 3 aromatic rings. The van der Waals surface area contributed by atoms with E-state index >= 15 is 0 Å². The van der Waals surface area contributed by atoms with Crippen LogP contribution in [0.1, 0.15) is 31.7 Å². The highest BCUT2D eigenvalue weighted by molar-refractivity contribution is 5.67. The predicted molar refractivity (Wildman–Crippen MR) is 105 cm³/mol. The molecule has 0 amide bonds. The zero-order valence-corrected chi connectivity index (χ0v) is 16.1. The molecule has 0 spiro atoms. The van der Waals surface area contributed by atoms with E-state index in [1.54, 1.807) is 12.1 Å². The first-order valence-corrected chi connectivity index (χ1v) is 9.94. The molecule has 28 heavy (non-hydrogen) atoms. The smallest absolute Gasteiger partial charge is 0.387 e. The van der Waals surface area contributed by atoms with Crippen LogP contribution in [0.15, 0.2) is 54.6 Å². The van der Waals surface area contributed by atoms with Gasteiger partial charge < -0.3 is 4.74 Å². The molecule has 2 heterocycles. The summed E-state index contributed by atoms with van der Waals surface area (Å²) < 4.78 is 34.0. The number of nitrogens with zero attached hydrogens (tertiary/aromatic N) is 2. The van der Waals surface area contributed by atoms with E-state index < -0.39 is 6.61 Å². The molecule has 4 rings (SSSR count). The minimum atomic E-state index is -2.80. The zero-order valence-electron chi connectivity index (χ0n) is 16.1. The molecule has 1 aromatic heterocycles. The van der Waals surface area contributed by atoms with Gasteiger partial charge >= 0.3 is 6.61 Å². The monoisotopic (exact) mass is 383 g/mol. The fourth-order valence-electron chi connectivity index (χ4n) is 3.90. The Morgan fingerprint density at radius 2 is 1.68 bits per heavy atom. The lowest BCUT2D eigenvalue weighted by Gasteiger charge is -2.06. The SMILES string of the molecule is CCc1ccc(-c2cc(-c3ccc(OC(F)F)cc3)[n+]3n2CCCCC3)cc1. The Morgan fingerprint density at radius 1 is 0.964 bits per heavy atom. The van der Waals surface area contributed by atoms with Crippen molar-refractivity contribution in [2.75, 3.05) is 0 Å². The van der Waals surface area contributed by atoms with E-state index in [0.29, 0.717) is 0 Å². The second-order valence-electron chi connectivity index (χ2n) is 7.18. The highest BCUT2D eigenvalue weighted by Gasteiger charge is 2.26. The summed E-state index contributed by atoms with van der Waals surface area (Å²) >= 11 is 0.